The number of methoxy groups -OCH3 is 2. The number of nitrogens with one attached hydrogen (secondary N) is 1. The predicted molar refractivity (Wildman–Crippen MR) is 95.5 cm³/mol. The van der Waals surface area contributed by atoms with Crippen LogP contribution in [0.1, 0.15) is 20.3 Å². The summed E-state index contributed by atoms with van der Waals surface area (Å²) in [5.74, 6) is 2.81. The van der Waals surface area contributed by atoms with E-state index in [0.717, 1.165) is 35.3 Å². The SMILES string of the molecule is CCN=C(NSc1cc(OC)ccc1OC)N1CC(CC)C=N1. The minimum Gasteiger partial charge on any atom is -0.497 e. The Balaban J connectivity index is 2.08. The Kier molecular flexibility index (Phi) is 6.58. The molecule has 0 radical (unpaired) electrons. The molecule has 0 aromatic heterocycles. The fourth-order valence-corrected chi connectivity index (χ4v) is 2.95. The molecule has 1 aliphatic rings. The Morgan fingerprint density at radius 2 is 2.22 bits per heavy atom. The molecule has 1 heterocycles. The van der Waals surface area contributed by atoms with E-state index in [0.29, 0.717) is 12.5 Å². The van der Waals surface area contributed by atoms with Crippen molar-refractivity contribution in [3.05, 3.63) is 18.2 Å². The van der Waals surface area contributed by atoms with Gasteiger partial charge in [0.05, 0.1) is 25.7 Å². The van der Waals surface area contributed by atoms with E-state index in [4.69, 9.17) is 9.47 Å². The minimum atomic E-state index is 0.482. The third kappa shape index (κ3) is 4.54. The van der Waals surface area contributed by atoms with E-state index in [-0.39, 0.29) is 0 Å². The number of hydrazone groups is 1. The van der Waals surface area contributed by atoms with Crippen LogP contribution in [0.3, 0.4) is 0 Å². The van der Waals surface area contributed by atoms with E-state index < -0.39 is 0 Å². The molecule has 6 nitrogen and oxygen atoms in total. The summed E-state index contributed by atoms with van der Waals surface area (Å²) in [6.07, 6.45) is 3.07. The summed E-state index contributed by atoms with van der Waals surface area (Å²) in [5.41, 5.74) is 0. The van der Waals surface area contributed by atoms with Crippen LogP contribution in [0.25, 0.3) is 0 Å². The molecule has 0 amide bonds. The lowest BCUT2D eigenvalue weighted by molar-refractivity contribution is 0.394. The van der Waals surface area contributed by atoms with E-state index in [1.807, 2.05) is 36.3 Å². The highest BCUT2D eigenvalue weighted by molar-refractivity contribution is 7.98. The predicted octanol–water partition coefficient (Wildman–Crippen LogP) is 3.00. The third-order valence-electron chi connectivity index (χ3n) is 3.52. The normalized spacial score (nSPS) is 17.5. The second-order valence-electron chi connectivity index (χ2n) is 5.03. The molecular weight excluding hydrogens is 312 g/mol. The number of hydrogen-bond donors (Lipinski definition) is 1. The molecule has 0 fully saturated rings. The van der Waals surface area contributed by atoms with Crippen molar-refractivity contribution in [2.24, 2.45) is 16.0 Å². The average Bonchev–Trinajstić information content (AvgIpc) is 3.07. The molecule has 0 bridgehead atoms. The molecule has 1 aliphatic heterocycles. The van der Waals surface area contributed by atoms with Gasteiger partial charge in [0, 0.05) is 18.7 Å². The Labute approximate surface area is 142 Å². The number of aliphatic imine (C=N–C) groups is 1. The van der Waals surface area contributed by atoms with Gasteiger partial charge in [0.1, 0.15) is 11.5 Å². The van der Waals surface area contributed by atoms with Crippen LogP contribution in [0.15, 0.2) is 33.2 Å². The largest absolute Gasteiger partial charge is 0.497 e. The minimum absolute atomic E-state index is 0.482. The zero-order valence-electron chi connectivity index (χ0n) is 14.1. The quantitative estimate of drug-likeness (QED) is 0.492. The lowest BCUT2D eigenvalue weighted by Gasteiger charge is -2.19. The Bertz CT molecular complexity index is 577. The van der Waals surface area contributed by atoms with Gasteiger partial charge < -0.3 is 9.47 Å². The van der Waals surface area contributed by atoms with Crippen LogP contribution < -0.4 is 14.2 Å². The summed E-state index contributed by atoms with van der Waals surface area (Å²) in [6.45, 7) is 5.73. The topological polar surface area (TPSA) is 58.5 Å². The number of ether oxygens (including phenoxy) is 2. The molecule has 2 rings (SSSR count). The van der Waals surface area contributed by atoms with Crippen molar-refractivity contribution in [2.45, 2.75) is 25.2 Å². The van der Waals surface area contributed by atoms with Crippen LogP contribution in [0.2, 0.25) is 0 Å². The van der Waals surface area contributed by atoms with Crippen molar-refractivity contribution in [1.82, 2.24) is 9.73 Å². The maximum absolute atomic E-state index is 5.40. The molecule has 1 unspecified atom stereocenters. The standard InChI is InChI=1S/C16H24N4O2S/c1-5-12-10-18-20(11-12)16(17-6-2)19-23-15-9-13(21-3)7-8-14(15)22-4/h7-10,12H,5-6,11H2,1-4H3,(H,17,19). The van der Waals surface area contributed by atoms with E-state index in [1.54, 1.807) is 14.2 Å². The van der Waals surface area contributed by atoms with E-state index in [1.165, 1.54) is 11.9 Å². The molecule has 1 atom stereocenters. The highest BCUT2D eigenvalue weighted by Crippen LogP contribution is 2.31. The van der Waals surface area contributed by atoms with E-state index in [9.17, 15) is 0 Å². The molecule has 23 heavy (non-hydrogen) atoms. The first kappa shape index (κ1) is 17.5. The van der Waals surface area contributed by atoms with Crippen LogP contribution in [-0.2, 0) is 0 Å². The second kappa shape index (κ2) is 8.67. The average molecular weight is 336 g/mol. The summed E-state index contributed by atoms with van der Waals surface area (Å²) in [6, 6.07) is 5.70. The van der Waals surface area contributed by atoms with Crippen molar-refractivity contribution in [1.29, 1.82) is 0 Å². The van der Waals surface area contributed by atoms with Crippen LogP contribution >= 0.6 is 11.9 Å². The summed E-state index contributed by atoms with van der Waals surface area (Å²) in [5, 5.41) is 6.36. The Hall–Kier alpha value is -1.89. The molecule has 0 saturated heterocycles. The van der Waals surface area contributed by atoms with Gasteiger partial charge in [-0.15, -0.1) is 0 Å². The van der Waals surface area contributed by atoms with Gasteiger partial charge >= 0.3 is 0 Å². The van der Waals surface area contributed by atoms with Crippen LogP contribution in [-0.4, -0.2) is 44.5 Å². The maximum atomic E-state index is 5.40. The van der Waals surface area contributed by atoms with Gasteiger partial charge in [-0.1, -0.05) is 6.92 Å². The van der Waals surface area contributed by atoms with Gasteiger partial charge in [-0.2, -0.15) is 5.10 Å². The van der Waals surface area contributed by atoms with Crippen LogP contribution in [0.5, 0.6) is 11.5 Å². The summed E-state index contributed by atoms with van der Waals surface area (Å²) in [7, 11) is 3.31. The second-order valence-corrected chi connectivity index (χ2v) is 5.88. The lowest BCUT2D eigenvalue weighted by atomic mass is 10.1. The zero-order valence-corrected chi connectivity index (χ0v) is 14.9. The summed E-state index contributed by atoms with van der Waals surface area (Å²) >= 11 is 1.44. The number of guanidine groups is 1. The van der Waals surface area contributed by atoms with Crippen molar-refractivity contribution >= 4 is 24.1 Å². The van der Waals surface area contributed by atoms with Crippen LogP contribution in [0.4, 0.5) is 0 Å². The van der Waals surface area contributed by atoms with Crippen molar-refractivity contribution < 1.29 is 9.47 Å². The fourth-order valence-electron chi connectivity index (χ4n) is 2.15. The van der Waals surface area contributed by atoms with E-state index in [2.05, 4.69) is 21.7 Å². The fraction of sp³-hybridized carbons (Fsp3) is 0.500. The van der Waals surface area contributed by atoms with Crippen molar-refractivity contribution in [3.63, 3.8) is 0 Å². The molecule has 1 N–H and O–H groups in total. The molecule has 126 valence electrons. The molecule has 7 heteroatoms. The van der Waals surface area contributed by atoms with Crippen LogP contribution in [0, 0.1) is 5.92 Å². The van der Waals surface area contributed by atoms with Gasteiger partial charge in [-0.25, -0.2) is 5.01 Å². The van der Waals surface area contributed by atoms with Gasteiger partial charge in [0.25, 0.3) is 0 Å². The van der Waals surface area contributed by atoms with E-state index >= 15 is 0 Å². The van der Waals surface area contributed by atoms with Gasteiger partial charge in [-0.05, 0) is 43.5 Å². The molecular formula is C16H24N4O2S. The molecule has 1 aromatic carbocycles. The van der Waals surface area contributed by atoms with Gasteiger partial charge in [-0.3, -0.25) is 9.71 Å². The summed E-state index contributed by atoms with van der Waals surface area (Å²) in [4.78, 5) is 5.45. The monoisotopic (exact) mass is 336 g/mol. The van der Waals surface area contributed by atoms with Gasteiger partial charge in [0.2, 0.25) is 5.96 Å². The molecule has 1 aromatic rings. The molecule has 0 aliphatic carbocycles. The highest BCUT2D eigenvalue weighted by Gasteiger charge is 2.20. The van der Waals surface area contributed by atoms with Crippen molar-refractivity contribution in [2.75, 3.05) is 27.3 Å². The lowest BCUT2D eigenvalue weighted by Crippen LogP contribution is -2.34. The zero-order chi connectivity index (χ0) is 16.7. The molecule has 0 saturated carbocycles. The smallest absolute Gasteiger partial charge is 0.225 e. The first-order valence-electron chi connectivity index (χ1n) is 7.72. The first-order chi connectivity index (χ1) is 11.2. The number of nitrogens with zero attached hydrogens (tertiary/aromatic N) is 3. The van der Waals surface area contributed by atoms with Crippen molar-refractivity contribution in [3.8, 4) is 11.5 Å². The maximum Gasteiger partial charge on any atom is 0.225 e. The Morgan fingerprint density at radius 1 is 1.39 bits per heavy atom. The first-order valence-corrected chi connectivity index (χ1v) is 8.54. The number of benzene rings is 1. The number of rotatable bonds is 6. The highest BCUT2D eigenvalue weighted by atomic mass is 32.2. The molecule has 0 spiro atoms. The Morgan fingerprint density at radius 3 is 2.83 bits per heavy atom. The number of hydrogen-bond acceptors (Lipinski definition) is 5. The third-order valence-corrected chi connectivity index (χ3v) is 4.35. The summed E-state index contributed by atoms with van der Waals surface area (Å²) < 4.78 is 14.0. The van der Waals surface area contributed by atoms with Gasteiger partial charge in [0.15, 0.2) is 0 Å².